The SMILES string of the molecule is N#CCc1cc(-c2ccc(OC(F)(F)F)cc2)ncc1-c1ccc(OC(F)(F)F)cc1. The van der Waals surface area contributed by atoms with Crippen LogP contribution in [0.3, 0.4) is 0 Å². The number of halogens is 6. The molecule has 3 aromatic rings. The number of hydrogen-bond donors (Lipinski definition) is 0. The number of ether oxygens (including phenoxy) is 2. The average molecular weight is 438 g/mol. The molecule has 0 saturated heterocycles. The molecule has 4 nitrogen and oxygen atoms in total. The Morgan fingerprint density at radius 3 is 1.71 bits per heavy atom. The smallest absolute Gasteiger partial charge is 0.406 e. The van der Waals surface area contributed by atoms with Crippen LogP contribution in [0.2, 0.25) is 0 Å². The molecule has 160 valence electrons. The van der Waals surface area contributed by atoms with Crippen LogP contribution in [0.15, 0.2) is 60.8 Å². The van der Waals surface area contributed by atoms with Gasteiger partial charge in [0.2, 0.25) is 0 Å². The van der Waals surface area contributed by atoms with Crippen molar-refractivity contribution >= 4 is 0 Å². The minimum Gasteiger partial charge on any atom is -0.406 e. The first-order valence-corrected chi connectivity index (χ1v) is 8.62. The van der Waals surface area contributed by atoms with E-state index in [1.165, 1.54) is 30.5 Å². The van der Waals surface area contributed by atoms with Gasteiger partial charge in [0.05, 0.1) is 18.2 Å². The molecule has 3 rings (SSSR count). The van der Waals surface area contributed by atoms with Crippen LogP contribution in [0.4, 0.5) is 26.3 Å². The molecule has 0 aliphatic heterocycles. The fourth-order valence-electron chi connectivity index (χ4n) is 2.81. The zero-order chi connectivity index (χ0) is 22.6. The first kappa shape index (κ1) is 22.0. The van der Waals surface area contributed by atoms with Crippen molar-refractivity contribution in [3.63, 3.8) is 0 Å². The lowest BCUT2D eigenvalue weighted by atomic mass is 9.98. The predicted octanol–water partition coefficient (Wildman–Crippen LogP) is 6.28. The summed E-state index contributed by atoms with van der Waals surface area (Å²) in [6.45, 7) is 0. The van der Waals surface area contributed by atoms with Crippen LogP contribution in [0.25, 0.3) is 22.4 Å². The molecule has 0 spiro atoms. The van der Waals surface area contributed by atoms with Crippen molar-refractivity contribution in [1.29, 1.82) is 5.26 Å². The molecule has 0 aliphatic carbocycles. The summed E-state index contributed by atoms with van der Waals surface area (Å²) in [5.74, 6) is -0.768. The minimum atomic E-state index is -4.81. The highest BCUT2D eigenvalue weighted by atomic mass is 19.4. The molecule has 1 aromatic heterocycles. The van der Waals surface area contributed by atoms with Gasteiger partial charge in [0.15, 0.2) is 0 Å². The molecule has 0 bridgehead atoms. The van der Waals surface area contributed by atoms with E-state index in [1.54, 1.807) is 6.07 Å². The van der Waals surface area contributed by atoms with E-state index in [2.05, 4.69) is 14.5 Å². The maximum absolute atomic E-state index is 12.3. The monoisotopic (exact) mass is 438 g/mol. The highest BCUT2D eigenvalue weighted by molar-refractivity contribution is 5.71. The molecule has 0 saturated carbocycles. The summed E-state index contributed by atoms with van der Waals surface area (Å²) in [5.41, 5.74) is 2.50. The summed E-state index contributed by atoms with van der Waals surface area (Å²) < 4.78 is 81.4. The summed E-state index contributed by atoms with van der Waals surface area (Å²) in [7, 11) is 0. The summed E-state index contributed by atoms with van der Waals surface area (Å²) in [5, 5.41) is 9.13. The number of nitrogens with zero attached hydrogens (tertiary/aromatic N) is 2. The lowest BCUT2D eigenvalue weighted by Crippen LogP contribution is -2.17. The van der Waals surface area contributed by atoms with Crippen molar-refractivity contribution in [3.8, 4) is 40.0 Å². The Labute approximate surface area is 172 Å². The van der Waals surface area contributed by atoms with E-state index >= 15 is 0 Å². The Bertz CT molecular complexity index is 1090. The van der Waals surface area contributed by atoms with E-state index in [0.29, 0.717) is 27.9 Å². The van der Waals surface area contributed by atoms with Gasteiger partial charge in [-0.2, -0.15) is 5.26 Å². The van der Waals surface area contributed by atoms with Crippen LogP contribution in [-0.2, 0) is 6.42 Å². The minimum absolute atomic E-state index is 0.0130. The summed E-state index contributed by atoms with van der Waals surface area (Å²) in [4.78, 5) is 4.27. The van der Waals surface area contributed by atoms with E-state index in [-0.39, 0.29) is 17.9 Å². The lowest BCUT2D eigenvalue weighted by molar-refractivity contribution is -0.275. The van der Waals surface area contributed by atoms with Gasteiger partial charge in [0, 0.05) is 17.3 Å². The molecule has 1 heterocycles. The van der Waals surface area contributed by atoms with Gasteiger partial charge in [-0.15, -0.1) is 26.3 Å². The number of rotatable bonds is 5. The van der Waals surface area contributed by atoms with Crippen LogP contribution < -0.4 is 9.47 Å². The Morgan fingerprint density at radius 1 is 0.774 bits per heavy atom. The van der Waals surface area contributed by atoms with E-state index in [9.17, 15) is 26.3 Å². The molecule has 0 aliphatic rings. The third-order valence-electron chi connectivity index (χ3n) is 4.04. The maximum Gasteiger partial charge on any atom is 0.573 e. The van der Waals surface area contributed by atoms with Gasteiger partial charge >= 0.3 is 12.7 Å². The Morgan fingerprint density at radius 2 is 1.26 bits per heavy atom. The molecule has 0 N–H and O–H groups in total. The number of nitriles is 1. The fraction of sp³-hybridized carbons (Fsp3) is 0.143. The zero-order valence-electron chi connectivity index (χ0n) is 15.5. The van der Waals surface area contributed by atoms with E-state index in [1.807, 2.05) is 6.07 Å². The van der Waals surface area contributed by atoms with Crippen LogP contribution in [-0.4, -0.2) is 17.7 Å². The molecule has 31 heavy (non-hydrogen) atoms. The molecule has 0 radical (unpaired) electrons. The molecule has 10 heteroatoms. The average Bonchev–Trinajstić information content (AvgIpc) is 2.67. The molecule has 0 atom stereocenters. The van der Waals surface area contributed by atoms with Gasteiger partial charge in [-0.3, -0.25) is 4.98 Å². The van der Waals surface area contributed by atoms with E-state index in [4.69, 9.17) is 5.26 Å². The Kier molecular flexibility index (Phi) is 6.06. The molecule has 0 fully saturated rings. The largest absolute Gasteiger partial charge is 0.573 e. The third-order valence-corrected chi connectivity index (χ3v) is 4.04. The molecular formula is C21H12F6N2O2. The number of alkyl halides is 6. The predicted molar refractivity (Wildman–Crippen MR) is 97.8 cm³/mol. The topological polar surface area (TPSA) is 55.1 Å². The fourth-order valence-corrected chi connectivity index (χ4v) is 2.81. The van der Waals surface area contributed by atoms with Gasteiger partial charge in [-0.05, 0) is 53.6 Å². The van der Waals surface area contributed by atoms with Gasteiger partial charge in [0.25, 0.3) is 0 Å². The first-order valence-electron chi connectivity index (χ1n) is 8.62. The quantitative estimate of drug-likeness (QED) is 0.440. The van der Waals surface area contributed by atoms with Crippen molar-refractivity contribution < 1.29 is 35.8 Å². The molecule has 0 amide bonds. The second-order valence-electron chi connectivity index (χ2n) is 6.21. The third kappa shape index (κ3) is 6.12. The first-order chi connectivity index (χ1) is 14.5. The normalized spacial score (nSPS) is 11.6. The number of hydrogen-bond acceptors (Lipinski definition) is 4. The van der Waals surface area contributed by atoms with Crippen LogP contribution in [0.1, 0.15) is 5.56 Å². The van der Waals surface area contributed by atoms with Gasteiger partial charge in [-0.25, -0.2) is 0 Å². The van der Waals surface area contributed by atoms with Crippen molar-refractivity contribution in [1.82, 2.24) is 4.98 Å². The van der Waals surface area contributed by atoms with Crippen LogP contribution >= 0.6 is 0 Å². The van der Waals surface area contributed by atoms with Crippen molar-refractivity contribution in [3.05, 3.63) is 66.4 Å². The Hall–Kier alpha value is -3.74. The lowest BCUT2D eigenvalue weighted by Gasteiger charge is -2.12. The van der Waals surface area contributed by atoms with Gasteiger partial charge in [-0.1, -0.05) is 12.1 Å². The number of aromatic nitrogens is 1. The standard InChI is InChI=1S/C21H12F6N2O2/c22-20(23,24)30-16-5-1-13(2-6-16)18-12-29-19(11-15(18)9-10-28)14-3-7-17(8-4-14)31-21(25,26)27/h1-8,11-12H,9H2. The summed E-state index contributed by atoms with van der Waals surface area (Å²) in [6, 6.07) is 13.8. The van der Waals surface area contributed by atoms with Gasteiger partial charge < -0.3 is 9.47 Å². The van der Waals surface area contributed by atoms with Gasteiger partial charge in [0.1, 0.15) is 11.5 Å². The number of pyridine rings is 1. The number of benzene rings is 2. The van der Waals surface area contributed by atoms with Crippen molar-refractivity contribution in [2.24, 2.45) is 0 Å². The van der Waals surface area contributed by atoms with Crippen molar-refractivity contribution in [2.75, 3.05) is 0 Å². The maximum atomic E-state index is 12.3. The van der Waals surface area contributed by atoms with E-state index < -0.39 is 12.7 Å². The molecular weight excluding hydrogens is 426 g/mol. The van der Waals surface area contributed by atoms with Crippen LogP contribution in [0.5, 0.6) is 11.5 Å². The molecule has 2 aromatic carbocycles. The van der Waals surface area contributed by atoms with E-state index in [0.717, 1.165) is 24.3 Å². The summed E-state index contributed by atoms with van der Waals surface area (Å²) in [6.07, 6.45) is -8.18. The highest BCUT2D eigenvalue weighted by Gasteiger charge is 2.31. The van der Waals surface area contributed by atoms with Crippen molar-refractivity contribution in [2.45, 2.75) is 19.1 Å². The second kappa shape index (κ2) is 8.55. The summed E-state index contributed by atoms with van der Waals surface area (Å²) >= 11 is 0. The zero-order valence-corrected chi connectivity index (χ0v) is 15.5. The highest BCUT2D eigenvalue weighted by Crippen LogP contribution is 2.31. The Balaban J connectivity index is 1.89. The van der Waals surface area contributed by atoms with Crippen LogP contribution in [0, 0.1) is 11.3 Å². The second-order valence-corrected chi connectivity index (χ2v) is 6.21. The molecule has 0 unspecified atom stereocenters.